The van der Waals surface area contributed by atoms with E-state index in [0.29, 0.717) is 17.1 Å². The lowest BCUT2D eigenvalue weighted by atomic mass is 10.1. The largest absolute Gasteiger partial charge is 0.504 e. The fraction of sp³-hybridized carbons (Fsp3) is 0.192. The van der Waals surface area contributed by atoms with Crippen LogP contribution in [0.1, 0.15) is 30.2 Å². The Bertz CT molecular complexity index is 1410. The van der Waals surface area contributed by atoms with Crippen molar-refractivity contribution in [2.75, 3.05) is 0 Å². The highest BCUT2D eigenvalue weighted by Gasteiger charge is 2.17. The van der Waals surface area contributed by atoms with Gasteiger partial charge < -0.3 is 9.84 Å². The minimum atomic E-state index is -4.01. The second kappa shape index (κ2) is 10.3. The number of benzene rings is 3. The van der Waals surface area contributed by atoms with E-state index < -0.39 is 10.1 Å². The summed E-state index contributed by atoms with van der Waals surface area (Å²) < 4.78 is 35.5. The van der Waals surface area contributed by atoms with E-state index in [2.05, 4.69) is 11.2 Å². The van der Waals surface area contributed by atoms with Crippen LogP contribution in [-0.4, -0.2) is 23.3 Å². The molecule has 0 radical (unpaired) electrons. The van der Waals surface area contributed by atoms with E-state index in [0.717, 1.165) is 35.2 Å². The predicted octanol–water partition coefficient (Wildman–Crippen LogP) is 4.66. The van der Waals surface area contributed by atoms with Crippen LogP contribution >= 0.6 is 0 Å². The molecule has 0 aliphatic carbocycles. The van der Waals surface area contributed by atoms with E-state index in [1.807, 2.05) is 49.4 Å². The van der Waals surface area contributed by atoms with Gasteiger partial charge in [-0.1, -0.05) is 55.3 Å². The maximum Gasteiger partial charge on any atom is 0.312 e. The first-order valence-corrected chi connectivity index (χ1v) is 12.6. The number of hydrogen-bond donors (Lipinski definition) is 2. The van der Waals surface area contributed by atoms with Gasteiger partial charge in [0.1, 0.15) is 12.3 Å². The molecule has 3 N–H and O–H groups in total. The first kappa shape index (κ1) is 24.5. The zero-order valence-electron chi connectivity index (χ0n) is 19.5. The zero-order chi connectivity index (χ0) is 25.0. The molecule has 0 unspecified atom stereocenters. The van der Waals surface area contributed by atoms with E-state index in [9.17, 15) is 13.5 Å². The zero-order valence-corrected chi connectivity index (χ0v) is 20.3. The van der Waals surface area contributed by atoms with Gasteiger partial charge in [-0.25, -0.2) is 4.68 Å². The predicted molar refractivity (Wildman–Crippen MR) is 133 cm³/mol. The van der Waals surface area contributed by atoms with Gasteiger partial charge in [0.25, 0.3) is 0 Å². The number of nitrogens with two attached hydrogens (primary N) is 1. The normalized spacial score (nSPS) is 11.5. The molecule has 0 spiro atoms. The molecule has 0 bridgehead atoms. The van der Waals surface area contributed by atoms with Gasteiger partial charge in [0.05, 0.1) is 16.3 Å². The molecule has 182 valence electrons. The molecule has 0 aliphatic rings. The Morgan fingerprint density at radius 2 is 1.74 bits per heavy atom. The van der Waals surface area contributed by atoms with Gasteiger partial charge in [0.15, 0.2) is 11.5 Å². The molecule has 0 amide bonds. The summed E-state index contributed by atoms with van der Waals surface area (Å²) >= 11 is 0. The summed E-state index contributed by atoms with van der Waals surface area (Å²) in [6.45, 7) is 4.21. The fourth-order valence-electron chi connectivity index (χ4n) is 3.74. The summed E-state index contributed by atoms with van der Waals surface area (Å²) in [6, 6.07) is 21.5. The molecule has 0 saturated carbocycles. The molecular weight excluding hydrogens is 466 g/mol. The lowest BCUT2D eigenvalue weighted by molar-refractivity contribution is 0.283. The minimum Gasteiger partial charge on any atom is -0.504 e. The van der Waals surface area contributed by atoms with E-state index in [-0.39, 0.29) is 17.3 Å². The van der Waals surface area contributed by atoms with Crippen LogP contribution in [0.3, 0.4) is 0 Å². The third-order valence-electron chi connectivity index (χ3n) is 5.58. The standard InChI is InChI=1S/C26H27N3O5S/c1-3-5-20-6-4-7-25(26(20)30)33-17-21-16-24(19-10-8-18(2)9-11-19)29(28-21)22-12-14-23(15-13-22)35(31,32)34-27/h4,6-16,30H,3,5,17,27H2,1-2H3. The summed E-state index contributed by atoms with van der Waals surface area (Å²) in [5.74, 6) is 5.43. The molecule has 3 aromatic carbocycles. The van der Waals surface area contributed by atoms with Crippen molar-refractivity contribution in [3.8, 4) is 28.4 Å². The van der Waals surface area contributed by atoms with Crippen LogP contribution in [0.25, 0.3) is 16.9 Å². The van der Waals surface area contributed by atoms with Gasteiger partial charge in [0.2, 0.25) is 0 Å². The first-order chi connectivity index (χ1) is 16.8. The number of phenolic OH excluding ortho intramolecular Hbond substituents is 1. The van der Waals surface area contributed by atoms with Crippen molar-refractivity contribution < 1.29 is 22.5 Å². The Morgan fingerprint density at radius 3 is 2.40 bits per heavy atom. The highest BCUT2D eigenvalue weighted by Crippen LogP contribution is 2.32. The van der Waals surface area contributed by atoms with Gasteiger partial charge >= 0.3 is 10.1 Å². The number of ether oxygens (including phenoxy) is 1. The number of phenols is 1. The van der Waals surface area contributed by atoms with Crippen LogP contribution in [-0.2, 0) is 27.4 Å². The van der Waals surface area contributed by atoms with Gasteiger partial charge in [-0.15, -0.1) is 0 Å². The monoisotopic (exact) mass is 493 g/mol. The Morgan fingerprint density at radius 1 is 1.03 bits per heavy atom. The van der Waals surface area contributed by atoms with Crippen molar-refractivity contribution in [3.05, 3.63) is 89.6 Å². The molecule has 1 heterocycles. The lowest BCUT2D eigenvalue weighted by Crippen LogP contribution is -2.11. The number of rotatable bonds is 9. The van der Waals surface area contributed by atoms with E-state index in [4.69, 9.17) is 15.7 Å². The molecular formula is C26H27N3O5S. The maximum atomic E-state index is 11.9. The number of aromatic hydroxyl groups is 1. The smallest absolute Gasteiger partial charge is 0.312 e. The van der Waals surface area contributed by atoms with Crippen LogP contribution in [0, 0.1) is 6.92 Å². The van der Waals surface area contributed by atoms with Crippen LogP contribution in [0.5, 0.6) is 11.5 Å². The molecule has 9 heteroatoms. The highest BCUT2D eigenvalue weighted by atomic mass is 32.2. The van der Waals surface area contributed by atoms with Gasteiger partial charge in [0, 0.05) is 5.56 Å². The molecule has 35 heavy (non-hydrogen) atoms. The van der Waals surface area contributed by atoms with E-state index >= 15 is 0 Å². The van der Waals surface area contributed by atoms with Crippen LogP contribution < -0.4 is 10.6 Å². The Kier molecular flexibility index (Phi) is 7.20. The van der Waals surface area contributed by atoms with Crippen LogP contribution in [0.15, 0.2) is 77.7 Å². The molecule has 8 nitrogen and oxygen atoms in total. The molecule has 0 fully saturated rings. The number of para-hydroxylation sites is 1. The lowest BCUT2D eigenvalue weighted by Gasteiger charge is -2.10. The highest BCUT2D eigenvalue weighted by molar-refractivity contribution is 7.86. The van der Waals surface area contributed by atoms with Crippen molar-refractivity contribution >= 4 is 10.1 Å². The van der Waals surface area contributed by atoms with Crippen molar-refractivity contribution in [2.24, 2.45) is 5.90 Å². The molecule has 1 aromatic heterocycles. The molecule has 0 aliphatic heterocycles. The second-order valence-corrected chi connectivity index (χ2v) is 9.72. The van der Waals surface area contributed by atoms with Crippen molar-refractivity contribution in [2.45, 2.75) is 38.2 Å². The quantitative estimate of drug-likeness (QED) is 0.326. The Balaban J connectivity index is 1.68. The Labute approximate surface area is 204 Å². The van der Waals surface area contributed by atoms with Crippen LogP contribution in [0.4, 0.5) is 0 Å². The third kappa shape index (κ3) is 5.37. The van der Waals surface area contributed by atoms with Crippen molar-refractivity contribution in [1.29, 1.82) is 0 Å². The molecule has 4 aromatic rings. The van der Waals surface area contributed by atoms with Crippen LogP contribution in [0.2, 0.25) is 0 Å². The van der Waals surface area contributed by atoms with Crippen molar-refractivity contribution in [1.82, 2.24) is 9.78 Å². The van der Waals surface area contributed by atoms with E-state index in [1.54, 1.807) is 22.9 Å². The second-order valence-electron chi connectivity index (χ2n) is 8.15. The summed E-state index contributed by atoms with van der Waals surface area (Å²) in [5, 5.41) is 15.2. The molecule has 4 rings (SSSR count). The number of aromatic nitrogens is 2. The topological polar surface area (TPSA) is 117 Å². The molecule has 0 atom stereocenters. The first-order valence-electron chi connectivity index (χ1n) is 11.2. The van der Waals surface area contributed by atoms with Gasteiger partial charge in [-0.05, 0) is 55.3 Å². The number of aryl methyl sites for hydroxylation is 2. The molecule has 0 saturated heterocycles. The number of hydrogen-bond acceptors (Lipinski definition) is 7. The summed E-state index contributed by atoms with van der Waals surface area (Å²) in [7, 11) is -4.01. The number of nitrogens with zero attached hydrogens (tertiary/aromatic N) is 2. The summed E-state index contributed by atoms with van der Waals surface area (Å²) in [6.07, 6.45) is 1.68. The van der Waals surface area contributed by atoms with E-state index in [1.165, 1.54) is 12.1 Å². The van der Waals surface area contributed by atoms with Gasteiger partial charge in [-0.2, -0.15) is 23.7 Å². The Hall–Kier alpha value is -3.66. The summed E-state index contributed by atoms with van der Waals surface area (Å²) in [5.41, 5.74) is 5.00. The summed E-state index contributed by atoms with van der Waals surface area (Å²) in [4.78, 5) is -0.0567. The SMILES string of the molecule is CCCc1cccc(OCc2cc(-c3ccc(C)cc3)n(-c3ccc(S(=O)(=O)ON)cc3)n2)c1O. The average molecular weight is 494 g/mol. The van der Waals surface area contributed by atoms with Crippen molar-refractivity contribution in [3.63, 3.8) is 0 Å². The fourth-order valence-corrected chi connectivity index (χ4v) is 4.32. The third-order valence-corrected chi connectivity index (χ3v) is 6.68. The van der Waals surface area contributed by atoms with Gasteiger partial charge in [-0.3, -0.25) is 0 Å². The average Bonchev–Trinajstić information content (AvgIpc) is 3.29. The minimum absolute atomic E-state index is 0.0567. The maximum absolute atomic E-state index is 11.9.